The molecule has 0 aromatic carbocycles. The van der Waals surface area contributed by atoms with Crippen LogP contribution in [0.15, 0.2) is 22.7 Å². The Morgan fingerprint density at radius 2 is 2.48 bits per heavy atom. The van der Waals surface area contributed by atoms with Crippen molar-refractivity contribution in [2.45, 2.75) is 18.1 Å². The Labute approximate surface area is 131 Å². The Morgan fingerprint density at radius 3 is 3.24 bits per heavy atom. The number of carbonyl (C=O) groups is 1. The Balaban J connectivity index is 1.76. The molecule has 0 spiro atoms. The molecule has 0 bridgehead atoms. The molecule has 0 fully saturated rings. The number of amides is 1. The van der Waals surface area contributed by atoms with Crippen molar-refractivity contribution in [2.75, 3.05) is 26.0 Å². The van der Waals surface area contributed by atoms with Crippen LogP contribution in [-0.2, 0) is 16.1 Å². The average molecular weight is 327 g/mol. The molecule has 2 rings (SSSR count). The smallest absolute Gasteiger partial charge is 0.230 e. The number of nitrogens with zero attached hydrogens (tertiary/aromatic N) is 4. The number of aromatic nitrogens is 4. The lowest BCUT2D eigenvalue weighted by Crippen LogP contribution is -2.27. The summed E-state index contributed by atoms with van der Waals surface area (Å²) in [5.41, 5.74) is 0. The topological polar surface area (TPSA) is 81.9 Å². The monoisotopic (exact) mass is 327 g/mol. The van der Waals surface area contributed by atoms with E-state index in [-0.39, 0.29) is 5.91 Å². The molecule has 0 aliphatic carbocycles. The molecular weight excluding hydrogens is 310 g/mol. The molecule has 21 heavy (non-hydrogen) atoms. The Kier molecular flexibility index (Phi) is 6.64. The van der Waals surface area contributed by atoms with Crippen LogP contribution in [0.3, 0.4) is 0 Å². The van der Waals surface area contributed by atoms with E-state index in [1.54, 1.807) is 23.1 Å². The molecule has 1 amide bonds. The summed E-state index contributed by atoms with van der Waals surface area (Å²) in [6, 6.07) is 4.02. The number of ether oxygens (including phenoxy) is 1. The SMILES string of the molecule is COCCCNC(=O)CSc1nnnn1Cc1cccs1. The van der Waals surface area contributed by atoms with Gasteiger partial charge in [0.05, 0.1) is 12.3 Å². The lowest BCUT2D eigenvalue weighted by Gasteiger charge is -2.05. The summed E-state index contributed by atoms with van der Waals surface area (Å²) in [5, 5.41) is 17.1. The summed E-state index contributed by atoms with van der Waals surface area (Å²) in [5.74, 6) is 0.277. The second kappa shape index (κ2) is 8.75. The predicted molar refractivity (Wildman–Crippen MR) is 81.5 cm³/mol. The van der Waals surface area contributed by atoms with Gasteiger partial charge in [0.2, 0.25) is 11.1 Å². The number of tetrazole rings is 1. The number of thioether (sulfide) groups is 1. The molecule has 114 valence electrons. The van der Waals surface area contributed by atoms with Gasteiger partial charge >= 0.3 is 0 Å². The summed E-state index contributed by atoms with van der Waals surface area (Å²) in [6.07, 6.45) is 0.809. The Morgan fingerprint density at radius 1 is 1.57 bits per heavy atom. The predicted octanol–water partition coefficient (Wildman–Crippen LogP) is 1.03. The fourth-order valence-corrected chi connectivity index (χ4v) is 2.97. The van der Waals surface area contributed by atoms with Crippen molar-refractivity contribution in [3.8, 4) is 0 Å². The van der Waals surface area contributed by atoms with Crippen LogP contribution in [0.25, 0.3) is 0 Å². The van der Waals surface area contributed by atoms with Crippen LogP contribution in [-0.4, -0.2) is 52.1 Å². The van der Waals surface area contributed by atoms with Crippen molar-refractivity contribution >= 4 is 29.0 Å². The highest BCUT2D eigenvalue weighted by atomic mass is 32.2. The van der Waals surface area contributed by atoms with Gasteiger partial charge in [0.25, 0.3) is 0 Å². The summed E-state index contributed by atoms with van der Waals surface area (Å²) < 4.78 is 6.63. The van der Waals surface area contributed by atoms with E-state index in [4.69, 9.17) is 4.74 Å². The minimum Gasteiger partial charge on any atom is -0.385 e. The van der Waals surface area contributed by atoms with E-state index >= 15 is 0 Å². The molecule has 0 unspecified atom stereocenters. The van der Waals surface area contributed by atoms with Crippen LogP contribution >= 0.6 is 23.1 Å². The van der Waals surface area contributed by atoms with Crippen molar-refractivity contribution < 1.29 is 9.53 Å². The third-order valence-corrected chi connectivity index (χ3v) is 4.38. The zero-order valence-electron chi connectivity index (χ0n) is 11.7. The third kappa shape index (κ3) is 5.44. The molecule has 1 N–H and O–H groups in total. The fourth-order valence-electron chi connectivity index (χ4n) is 1.57. The first-order valence-electron chi connectivity index (χ1n) is 6.46. The van der Waals surface area contributed by atoms with Crippen LogP contribution in [0.1, 0.15) is 11.3 Å². The zero-order chi connectivity index (χ0) is 14.9. The largest absolute Gasteiger partial charge is 0.385 e. The highest BCUT2D eigenvalue weighted by molar-refractivity contribution is 7.99. The van der Waals surface area contributed by atoms with Crippen molar-refractivity contribution in [3.63, 3.8) is 0 Å². The highest BCUT2D eigenvalue weighted by Gasteiger charge is 2.10. The summed E-state index contributed by atoms with van der Waals surface area (Å²) >= 11 is 2.99. The van der Waals surface area contributed by atoms with Gasteiger partial charge in [0.15, 0.2) is 0 Å². The minimum atomic E-state index is -0.0261. The molecule has 0 saturated carbocycles. The lowest BCUT2D eigenvalue weighted by atomic mass is 10.4. The highest BCUT2D eigenvalue weighted by Crippen LogP contribution is 2.16. The molecule has 0 saturated heterocycles. The fraction of sp³-hybridized carbons (Fsp3) is 0.500. The van der Waals surface area contributed by atoms with Gasteiger partial charge < -0.3 is 10.1 Å². The van der Waals surface area contributed by atoms with Gasteiger partial charge in [0, 0.05) is 25.1 Å². The van der Waals surface area contributed by atoms with Gasteiger partial charge in [-0.3, -0.25) is 4.79 Å². The van der Waals surface area contributed by atoms with Crippen molar-refractivity contribution in [1.82, 2.24) is 25.5 Å². The number of hydrogen-bond acceptors (Lipinski definition) is 7. The Hall–Kier alpha value is -1.45. The molecule has 0 aliphatic heterocycles. The molecule has 2 aromatic heterocycles. The quantitative estimate of drug-likeness (QED) is 0.547. The van der Waals surface area contributed by atoms with Crippen LogP contribution in [0.2, 0.25) is 0 Å². The second-order valence-corrected chi connectivity index (χ2v) is 6.16. The number of nitrogens with one attached hydrogen (secondary N) is 1. The van der Waals surface area contributed by atoms with Gasteiger partial charge in [-0.15, -0.1) is 16.4 Å². The van der Waals surface area contributed by atoms with Gasteiger partial charge in [-0.2, -0.15) is 0 Å². The second-order valence-electron chi connectivity index (χ2n) is 4.18. The maximum atomic E-state index is 11.7. The molecule has 0 radical (unpaired) electrons. The standard InChI is InChI=1S/C12H17N5O2S2/c1-19-6-3-5-13-11(18)9-21-12-14-15-16-17(12)8-10-4-2-7-20-10/h2,4,7H,3,5-6,8-9H2,1H3,(H,13,18). The first-order chi connectivity index (χ1) is 10.3. The van der Waals surface area contributed by atoms with Crippen LogP contribution in [0.4, 0.5) is 0 Å². The van der Waals surface area contributed by atoms with Crippen molar-refractivity contribution in [3.05, 3.63) is 22.4 Å². The zero-order valence-corrected chi connectivity index (χ0v) is 13.3. The number of hydrogen-bond donors (Lipinski definition) is 1. The maximum absolute atomic E-state index is 11.7. The third-order valence-electron chi connectivity index (χ3n) is 2.56. The van der Waals surface area contributed by atoms with E-state index in [9.17, 15) is 4.79 Å². The average Bonchev–Trinajstić information content (AvgIpc) is 3.14. The molecule has 0 atom stereocenters. The maximum Gasteiger partial charge on any atom is 0.230 e. The molecule has 7 nitrogen and oxygen atoms in total. The molecule has 0 aliphatic rings. The number of rotatable bonds is 9. The Bertz CT molecular complexity index is 544. The van der Waals surface area contributed by atoms with Gasteiger partial charge in [0.1, 0.15) is 0 Å². The normalized spacial score (nSPS) is 10.7. The van der Waals surface area contributed by atoms with E-state index in [0.29, 0.717) is 30.6 Å². The number of carbonyl (C=O) groups excluding carboxylic acids is 1. The molecule has 9 heteroatoms. The van der Waals surface area contributed by atoms with Crippen LogP contribution in [0.5, 0.6) is 0 Å². The molecule has 2 aromatic rings. The van der Waals surface area contributed by atoms with Crippen LogP contribution in [0, 0.1) is 0 Å². The van der Waals surface area contributed by atoms with E-state index in [0.717, 1.165) is 6.42 Å². The molecule has 2 heterocycles. The summed E-state index contributed by atoms with van der Waals surface area (Å²) in [4.78, 5) is 12.9. The summed E-state index contributed by atoms with van der Waals surface area (Å²) in [7, 11) is 1.64. The van der Waals surface area contributed by atoms with Crippen molar-refractivity contribution in [2.24, 2.45) is 0 Å². The van der Waals surface area contributed by atoms with Crippen LogP contribution < -0.4 is 5.32 Å². The first-order valence-corrected chi connectivity index (χ1v) is 8.33. The lowest BCUT2D eigenvalue weighted by molar-refractivity contribution is -0.118. The number of methoxy groups -OCH3 is 1. The van der Waals surface area contributed by atoms with E-state index in [1.807, 2.05) is 17.5 Å². The van der Waals surface area contributed by atoms with E-state index in [2.05, 4.69) is 20.8 Å². The summed E-state index contributed by atoms with van der Waals surface area (Å²) in [6.45, 7) is 1.89. The van der Waals surface area contributed by atoms with Crippen molar-refractivity contribution in [1.29, 1.82) is 0 Å². The van der Waals surface area contributed by atoms with Gasteiger partial charge in [-0.25, -0.2) is 4.68 Å². The van der Waals surface area contributed by atoms with E-state index < -0.39 is 0 Å². The van der Waals surface area contributed by atoms with Gasteiger partial charge in [-0.1, -0.05) is 17.8 Å². The first kappa shape index (κ1) is 15.9. The minimum absolute atomic E-state index is 0.0261. The number of thiophene rings is 1. The molecular formula is C12H17N5O2S2. The van der Waals surface area contributed by atoms with E-state index in [1.165, 1.54) is 16.6 Å². The van der Waals surface area contributed by atoms with Gasteiger partial charge in [-0.05, 0) is 28.3 Å².